The van der Waals surface area contributed by atoms with Crippen LogP contribution in [0.4, 0.5) is 0 Å². The summed E-state index contributed by atoms with van der Waals surface area (Å²) in [6.07, 6.45) is 2.01. The number of aryl methyl sites for hydroxylation is 2. The second kappa shape index (κ2) is 6.93. The topological polar surface area (TPSA) is 27.1 Å². The Morgan fingerprint density at radius 2 is 2.05 bits per heavy atom. The standard InChI is InChI=1S/C16H21BrN2O/c1-12-8-15(19(2)18-12)10-13(11-17)9-14-6-4-5-7-16(14)20-3/h4-8,13H,9-11H2,1-3H3. The highest BCUT2D eigenvalue weighted by molar-refractivity contribution is 9.09. The lowest BCUT2D eigenvalue weighted by Gasteiger charge is -2.16. The Morgan fingerprint density at radius 1 is 1.30 bits per heavy atom. The fraction of sp³-hybridized carbons (Fsp3) is 0.438. The summed E-state index contributed by atoms with van der Waals surface area (Å²) in [5.41, 5.74) is 3.62. The molecule has 4 heteroatoms. The van der Waals surface area contributed by atoms with Crippen molar-refractivity contribution < 1.29 is 4.74 Å². The molecule has 0 amide bonds. The number of ether oxygens (including phenoxy) is 1. The van der Waals surface area contributed by atoms with Crippen LogP contribution in [0.5, 0.6) is 5.75 Å². The van der Waals surface area contributed by atoms with E-state index < -0.39 is 0 Å². The minimum Gasteiger partial charge on any atom is -0.496 e. The number of benzene rings is 1. The zero-order valence-electron chi connectivity index (χ0n) is 12.3. The Morgan fingerprint density at radius 3 is 2.65 bits per heavy atom. The van der Waals surface area contributed by atoms with Crippen molar-refractivity contribution in [3.8, 4) is 5.75 Å². The summed E-state index contributed by atoms with van der Waals surface area (Å²) < 4.78 is 7.42. The van der Waals surface area contributed by atoms with Gasteiger partial charge in [-0.1, -0.05) is 34.1 Å². The van der Waals surface area contributed by atoms with Crippen LogP contribution in [-0.2, 0) is 19.9 Å². The summed E-state index contributed by atoms with van der Waals surface area (Å²) >= 11 is 3.64. The van der Waals surface area contributed by atoms with Gasteiger partial charge in [-0.3, -0.25) is 4.68 Å². The van der Waals surface area contributed by atoms with Crippen molar-refractivity contribution in [1.29, 1.82) is 0 Å². The van der Waals surface area contributed by atoms with Gasteiger partial charge in [0.15, 0.2) is 0 Å². The largest absolute Gasteiger partial charge is 0.496 e. The number of nitrogens with zero attached hydrogens (tertiary/aromatic N) is 2. The Balaban J connectivity index is 2.11. The van der Waals surface area contributed by atoms with Crippen LogP contribution >= 0.6 is 15.9 Å². The summed E-state index contributed by atoms with van der Waals surface area (Å²) in [6, 6.07) is 10.4. The Kier molecular flexibility index (Phi) is 5.24. The first-order valence-electron chi connectivity index (χ1n) is 6.81. The summed E-state index contributed by atoms with van der Waals surface area (Å²) in [6.45, 7) is 2.03. The monoisotopic (exact) mass is 336 g/mol. The molecule has 0 fully saturated rings. The van der Waals surface area contributed by atoms with Crippen LogP contribution in [-0.4, -0.2) is 22.2 Å². The van der Waals surface area contributed by atoms with Crippen LogP contribution in [0.25, 0.3) is 0 Å². The van der Waals surface area contributed by atoms with E-state index in [1.165, 1.54) is 11.3 Å². The second-order valence-electron chi connectivity index (χ2n) is 5.14. The molecule has 0 spiro atoms. The van der Waals surface area contributed by atoms with E-state index in [1.807, 2.05) is 30.8 Å². The van der Waals surface area contributed by atoms with Gasteiger partial charge in [0.1, 0.15) is 5.75 Å². The third-order valence-electron chi connectivity index (χ3n) is 3.52. The minimum absolute atomic E-state index is 0.529. The fourth-order valence-electron chi connectivity index (χ4n) is 2.51. The van der Waals surface area contributed by atoms with Crippen molar-refractivity contribution >= 4 is 15.9 Å². The molecule has 1 unspecified atom stereocenters. The smallest absolute Gasteiger partial charge is 0.122 e. The van der Waals surface area contributed by atoms with Crippen LogP contribution < -0.4 is 4.74 Å². The SMILES string of the molecule is COc1ccccc1CC(CBr)Cc1cc(C)nn1C. The molecule has 0 aliphatic carbocycles. The number of para-hydroxylation sites is 1. The van der Waals surface area contributed by atoms with Crippen molar-refractivity contribution in [2.75, 3.05) is 12.4 Å². The zero-order valence-corrected chi connectivity index (χ0v) is 13.9. The first-order chi connectivity index (χ1) is 9.63. The average Bonchev–Trinajstić information content (AvgIpc) is 2.76. The lowest BCUT2D eigenvalue weighted by molar-refractivity contribution is 0.405. The van der Waals surface area contributed by atoms with Crippen molar-refractivity contribution in [2.45, 2.75) is 19.8 Å². The molecule has 20 heavy (non-hydrogen) atoms. The van der Waals surface area contributed by atoms with Gasteiger partial charge < -0.3 is 4.74 Å². The number of hydrogen-bond acceptors (Lipinski definition) is 2. The summed E-state index contributed by atoms with van der Waals surface area (Å²) in [4.78, 5) is 0. The highest BCUT2D eigenvalue weighted by Gasteiger charge is 2.14. The molecule has 0 N–H and O–H groups in total. The van der Waals surface area contributed by atoms with E-state index in [0.29, 0.717) is 5.92 Å². The first-order valence-corrected chi connectivity index (χ1v) is 7.93. The van der Waals surface area contributed by atoms with Gasteiger partial charge in [0, 0.05) is 18.1 Å². The number of rotatable bonds is 6. The third-order valence-corrected chi connectivity index (χ3v) is 4.43. The van der Waals surface area contributed by atoms with Crippen LogP contribution in [0.3, 0.4) is 0 Å². The van der Waals surface area contributed by atoms with Crippen LogP contribution in [0, 0.1) is 12.8 Å². The van der Waals surface area contributed by atoms with Crippen LogP contribution in [0.2, 0.25) is 0 Å². The summed E-state index contributed by atoms with van der Waals surface area (Å²) in [5.74, 6) is 1.50. The third kappa shape index (κ3) is 3.63. The molecule has 0 aliphatic rings. The van der Waals surface area contributed by atoms with E-state index in [1.54, 1.807) is 7.11 Å². The van der Waals surface area contributed by atoms with Crippen LogP contribution in [0.15, 0.2) is 30.3 Å². The maximum Gasteiger partial charge on any atom is 0.122 e. The lowest BCUT2D eigenvalue weighted by Crippen LogP contribution is -2.13. The van der Waals surface area contributed by atoms with Gasteiger partial charge in [0.05, 0.1) is 12.8 Å². The van der Waals surface area contributed by atoms with Gasteiger partial charge in [0.2, 0.25) is 0 Å². The maximum absolute atomic E-state index is 5.44. The molecule has 0 aliphatic heterocycles. The van der Waals surface area contributed by atoms with Gasteiger partial charge in [-0.2, -0.15) is 5.10 Å². The number of halogens is 1. The molecule has 2 aromatic rings. The molecular formula is C16H21BrN2O. The van der Waals surface area contributed by atoms with Crippen molar-refractivity contribution in [3.05, 3.63) is 47.3 Å². The van der Waals surface area contributed by atoms with Gasteiger partial charge in [0.25, 0.3) is 0 Å². The molecule has 1 aromatic heterocycles. The van der Waals surface area contributed by atoms with E-state index >= 15 is 0 Å². The average molecular weight is 337 g/mol. The zero-order chi connectivity index (χ0) is 14.5. The van der Waals surface area contributed by atoms with Gasteiger partial charge in [-0.25, -0.2) is 0 Å². The second-order valence-corrected chi connectivity index (χ2v) is 5.79. The summed E-state index contributed by atoms with van der Waals surface area (Å²) in [5, 5.41) is 5.38. The molecule has 0 saturated carbocycles. The predicted octanol–water partition coefficient (Wildman–Crippen LogP) is 3.53. The quantitative estimate of drug-likeness (QED) is 0.754. The fourth-order valence-corrected chi connectivity index (χ4v) is 2.97. The lowest BCUT2D eigenvalue weighted by atomic mass is 9.96. The van der Waals surface area contributed by atoms with Crippen molar-refractivity contribution in [3.63, 3.8) is 0 Å². The highest BCUT2D eigenvalue weighted by atomic mass is 79.9. The molecule has 108 valence electrons. The molecule has 2 rings (SSSR count). The van der Waals surface area contributed by atoms with E-state index in [9.17, 15) is 0 Å². The normalized spacial score (nSPS) is 12.4. The first kappa shape index (κ1) is 15.1. The molecule has 3 nitrogen and oxygen atoms in total. The van der Waals surface area contributed by atoms with E-state index in [-0.39, 0.29) is 0 Å². The van der Waals surface area contributed by atoms with E-state index in [0.717, 1.165) is 29.6 Å². The van der Waals surface area contributed by atoms with Crippen molar-refractivity contribution in [1.82, 2.24) is 9.78 Å². The molecule has 1 atom stereocenters. The number of aromatic nitrogens is 2. The molecule has 0 saturated heterocycles. The Labute approximate surface area is 129 Å². The minimum atomic E-state index is 0.529. The molecular weight excluding hydrogens is 316 g/mol. The van der Waals surface area contributed by atoms with E-state index in [2.05, 4.69) is 39.2 Å². The molecule has 1 heterocycles. The number of methoxy groups -OCH3 is 1. The maximum atomic E-state index is 5.44. The van der Waals surface area contributed by atoms with Gasteiger partial charge >= 0.3 is 0 Å². The summed E-state index contributed by atoms with van der Waals surface area (Å²) in [7, 11) is 3.74. The van der Waals surface area contributed by atoms with E-state index in [4.69, 9.17) is 4.74 Å². The Bertz CT molecular complexity index is 565. The molecule has 0 bridgehead atoms. The number of hydrogen-bond donors (Lipinski definition) is 0. The van der Waals surface area contributed by atoms with Gasteiger partial charge in [-0.05, 0) is 43.4 Å². The molecule has 0 radical (unpaired) electrons. The molecule has 1 aromatic carbocycles. The predicted molar refractivity (Wildman–Crippen MR) is 85.6 cm³/mol. The number of alkyl halides is 1. The van der Waals surface area contributed by atoms with Crippen molar-refractivity contribution in [2.24, 2.45) is 13.0 Å². The van der Waals surface area contributed by atoms with Gasteiger partial charge in [-0.15, -0.1) is 0 Å². The highest BCUT2D eigenvalue weighted by Crippen LogP contribution is 2.24. The van der Waals surface area contributed by atoms with Crippen LogP contribution in [0.1, 0.15) is 17.0 Å². The Hall–Kier alpha value is -1.29.